The topological polar surface area (TPSA) is 88.9 Å². The first-order valence-electron chi connectivity index (χ1n) is 13.6. The molecule has 0 saturated carbocycles. The van der Waals surface area contributed by atoms with Crippen molar-refractivity contribution in [1.29, 1.82) is 0 Å². The van der Waals surface area contributed by atoms with Crippen LogP contribution in [0.3, 0.4) is 0 Å². The van der Waals surface area contributed by atoms with Gasteiger partial charge in [-0.1, -0.05) is 54.6 Å². The van der Waals surface area contributed by atoms with E-state index in [-0.39, 0.29) is 17.5 Å². The zero-order valence-corrected chi connectivity index (χ0v) is 22.3. The molecule has 0 amide bonds. The summed E-state index contributed by atoms with van der Waals surface area (Å²) in [7, 11) is 0. The summed E-state index contributed by atoms with van der Waals surface area (Å²) in [4.78, 5) is 19.0. The summed E-state index contributed by atoms with van der Waals surface area (Å²) >= 11 is 0. The van der Waals surface area contributed by atoms with Gasteiger partial charge < -0.3 is 9.72 Å². The van der Waals surface area contributed by atoms with E-state index in [0.29, 0.717) is 31.0 Å². The molecule has 0 aliphatic carbocycles. The lowest BCUT2D eigenvalue weighted by molar-refractivity contribution is 0.0903. The molecule has 0 spiro atoms. The molecule has 0 unspecified atom stereocenters. The van der Waals surface area contributed by atoms with Crippen LogP contribution in [-0.4, -0.2) is 42.8 Å². The minimum atomic E-state index is -0.587. The number of tetrazole rings is 1. The zero-order valence-electron chi connectivity index (χ0n) is 22.3. The summed E-state index contributed by atoms with van der Waals surface area (Å²) in [5.41, 5.74) is 4.16. The van der Waals surface area contributed by atoms with Gasteiger partial charge >= 0.3 is 0 Å². The number of halogens is 1. The van der Waals surface area contributed by atoms with Crippen LogP contribution in [0.2, 0.25) is 0 Å². The monoisotopic (exact) mass is 538 g/mol. The number of hydrogen-bond donors (Lipinski definition) is 1. The Kier molecular flexibility index (Phi) is 7.48. The van der Waals surface area contributed by atoms with Gasteiger partial charge in [0.25, 0.3) is 5.56 Å². The van der Waals surface area contributed by atoms with Gasteiger partial charge in [-0.25, -0.2) is 9.07 Å². The van der Waals surface area contributed by atoms with Crippen molar-refractivity contribution in [3.8, 4) is 0 Å². The number of ether oxygens (including phenoxy) is 1. The molecule has 1 aliphatic heterocycles. The van der Waals surface area contributed by atoms with E-state index in [9.17, 15) is 9.18 Å². The first-order valence-corrected chi connectivity index (χ1v) is 13.6. The molecule has 0 bridgehead atoms. The van der Waals surface area contributed by atoms with Crippen molar-refractivity contribution < 1.29 is 9.13 Å². The van der Waals surface area contributed by atoms with Crippen molar-refractivity contribution in [2.45, 2.75) is 51.5 Å². The molecular formula is C31H31FN6O2. The fourth-order valence-electron chi connectivity index (χ4n) is 5.43. The second-order valence-electron chi connectivity index (χ2n) is 10.4. The third-order valence-electron chi connectivity index (χ3n) is 7.42. The maximum atomic E-state index is 13.8. The summed E-state index contributed by atoms with van der Waals surface area (Å²) in [6.45, 7) is 4.18. The highest BCUT2D eigenvalue weighted by Crippen LogP contribution is 2.31. The van der Waals surface area contributed by atoms with Gasteiger partial charge in [-0.3, -0.25) is 9.69 Å². The molecule has 5 aromatic rings. The SMILES string of the molecule is Cc1ccc2cc([C@@H](c3nnnn3C[C@@H]3CCCO3)N(Cc3ccccc3)Cc3ccc(F)cc3)c(=O)[nH]c2c1. The van der Waals surface area contributed by atoms with Crippen LogP contribution in [0.5, 0.6) is 0 Å². The van der Waals surface area contributed by atoms with Crippen LogP contribution in [0.25, 0.3) is 10.9 Å². The Labute approximate surface area is 231 Å². The molecule has 3 heterocycles. The van der Waals surface area contributed by atoms with Crippen LogP contribution in [0, 0.1) is 12.7 Å². The summed E-state index contributed by atoms with van der Waals surface area (Å²) in [6, 6.07) is 23.9. The lowest BCUT2D eigenvalue weighted by Gasteiger charge is -2.31. The van der Waals surface area contributed by atoms with Crippen molar-refractivity contribution in [1.82, 2.24) is 30.1 Å². The number of aromatic nitrogens is 5. The molecule has 1 fully saturated rings. The third-order valence-corrected chi connectivity index (χ3v) is 7.42. The molecule has 2 aromatic heterocycles. The number of aromatic amines is 1. The van der Waals surface area contributed by atoms with E-state index in [1.807, 2.05) is 49.4 Å². The average molecular weight is 539 g/mol. The number of H-pyrrole nitrogens is 1. The van der Waals surface area contributed by atoms with Crippen LogP contribution in [0.4, 0.5) is 4.39 Å². The van der Waals surface area contributed by atoms with Crippen LogP contribution in [0.1, 0.15) is 47.0 Å². The summed E-state index contributed by atoms with van der Waals surface area (Å²) in [5.74, 6) is 0.266. The Morgan fingerprint density at radius 1 is 1.05 bits per heavy atom. The highest BCUT2D eigenvalue weighted by molar-refractivity contribution is 5.79. The van der Waals surface area contributed by atoms with E-state index >= 15 is 0 Å². The number of benzene rings is 3. The van der Waals surface area contributed by atoms with Crippen molar-refractivity contribution in [2.24, 2.45) is 0 Å². The molecule has 1 aliphatic rings. The number of rotatable bonds is 9. The van der Waals surface area contributed by atoms with E-state index < -0.39 is 6.04 Å². The second-order valence-corrected chi connectivity index (χ2v) is 10.4. The molecule has 1 N–H and O–H groups in total. The lowest BCUT2D eigenvalue weighted by Crippen LogP contribution is -2.35. The minimum absolute atomic E-state index is 0.0143. The predicted octanol–water partition coefficient (Wildman–Crippen LogP) is 4.93. The summed E-state index contributed by atoms with van der Waals surface area (Å²) in [6.07, 6.45) is 1.95. The normalized spacial score (nSPS) is 16.1. The summed E-state index contributed by atoms with van der Waals surface area (Å²) < 4.78 is 21.4. The Balaban J connectivity index is 1.50. The average Bonchev–Trinajstić information content (AvgIpc) is 3.64. The molecule has 3 aromatic carbocycles. The van der Waals surface area contributed by atoms with E-state index in [1.54, 1.807) is 16.8 Å². The fraction of sp³-hybridized carbons (Fsp3) is 0.290. The van der Waals surface area contributed by atoms with Gasteiger partial charge in [-0.2, -0.15) is 0 Å². The molecule has 0 radical (unpaired) electrons. The molecule has 6 rings (SSSR count). The smallest absolute Gasteiger partial charge is 0.253 e. The van der Waals surface area contributed by atoms with Gasteiger partial charge in [0.05, 0.1) is 12.6 Å². The van der Waals surface area contributed by atoms with Gasteiger partial charge in [-0.05, 0) is 76.5 Å². The Bertz CT molecular complexity index is 1640. The predicted molar refractivity (Wildman–Crippen MR) is 150 cm³/mol. The number of nitrogens with zero attached hydrogens (tertiary/aromatic N) is 5. The van der Waals surface area contributed by atoms with Gasteiger partial charge in [0, 0.05) is 30.8 Å². The quantitative estimate of drug-likeness (QED) is 0.286. The zero-order chi connectivity index (χ0) is 27.5. The standard InChI is InChI=1S/C31H31FN6O2/c1-21-9-12-24-17-27(31(39)33-28(24)16-21)29(30-34-35-36-38(30)20-26-8-5-15-40-26)37(18-22-6-3-2-4-7-22)19-23-10-13-25(32)14-11-23/h2-4,6-7,9-14,16-17,26,29H,5,8,15,18-20H2,1H3,(H,33,39)/t26-,29-/m0/s1. The van der Waals surface area contributed by atoms with Crippen LogP contribution in [-0.2, 0) is 24.4 Å². The van der Waals surface area contributed by atoms with E-state index in [2.05, 4.69) is 37.5 Å². The van der Waals surface area contributed by atoms with Crippen molar-refractivity contribution in [3.63, 3.8) is 0 Å². The van der Waals surface area contributed by atoms with Crippen molar-refractivity contribution in [3.05, 3.63) is 123 Å². The molecule has 2 atom stereocenters. The van der Waals surface area contributed by atoms with E-state index in [1.165, 1.54) is 12.1 Å². The lowest BCUT2D eigenvalue weighted by atomic mass is 10.0. The first-order chi connectivity index (χ1) is 19.5. The Hall–Kier alpha value is -4.21. The van der Waals surface area contributed by atoms with Gasteiger partial charge in [-0.15, -0.1) is 5.10 Å². The van der Waals surface area contributed by atoms with E-state index in [0.717, 1.165) is 47.0 Å². The molecule has 1 saturated heterocycles. The largest absolute Gasteiger partial charge is 0.376 e. The molecule has 40 heavy (non-hydrogen) atoms. The first kappa shape index (κ1) is 26.0. The molecular weight excluding hydrogens is 507 g/mol. The number of fused-ring (bicyclic) bond motifs is 1. The highest BCUT2D eigenvalue weighted by atomic mass is 19.1. The number of hydrogen-bond acceptors (Lipinski definition) is 6. The summed E-state index contributed by atoms with van der Waals surface area (Å²) in [5, 5.41) is 13.8. The van der Waals surface area contributed by atoms with Crippen LogP contribution in [0.15, 0.2) is 83.7 Å². The molecule has 8 nitrogen and oxygen atoms in total. The minimum Gasteiger partial charge on any atom is -0.376 e. The van der Waals surface area contributed by atoms with Gasteiger partial charge in [0.1, 0.15) is 11.9 Å². The van der Waals surface area contributed by atoms with Crippen molar-refractivity contribution in [2.75, 3.05) is 6.61 Å². The maximum Gasteiger partial charge on any atom is 0.253 e. The van der Waals surface area contributed by atoms with E-state index in [4.69, 9.17) is 4.74 Å². The fourth-order valence-corrected chi connectivity index (χ4v) is 5.43. The third kappa shape index (κ3) is 5.71. The Morgan fingerprint density at radius 3 is 2.58 bits per heavy atom. The second kappa shape index (κ2) is 11.5. The molecule has 9 heteroatoms. The van der Waals surface area contributed by atoms with Crippen LogP contribution < -0.4 is 5.56 Å². The Morgan fingerprint density at radius 2 is 1.82 bits per heavy atom. The van der Waals surface area contributed by atoms with Crippen molar-refractivity contribution >= 4 is 10.9 Å². The molecule has 204 valence electrons. The number of nitrogens with one attached hydrogen (secondary N) is 1. The highest BCUT2D eigenvalue weighted by Gasteiger charge is 2.32. The maximum absolute atomic E-state index is 13.8. The van der Waals surface area contributed by atoms with Gasteiger partial charge in [0.2, 0.25) is 0 Å². The number of pyridine rings is 1. The van der Waals surface area contributed by atoms with Gasteiger partial charge in [0.15, 0.2) is 5.82 Å². The number of aryl methyl sites for hydroxylation is 1. The van der Waals surface area contributed by atoms with Crippen LogP contribution >= 0.6 is 0 Å².